The molecule has 0 saturated carbocycles. The van der Waals surface area contributed by atoms with Gasteiger partial charge >= 0.3 is 0 Å². The molecule has 5 rings (SSSR count). The Bertz CT molecular complexity index is 1590. The van der Waals surface area contributed by atoms with Gasteiger partial charge in [0.15, 0.2) is 0 Å². The molecular weight excluding hydrogens is 510 g/mol. The zero-order valence-electron chi connectivity index (χ0n) is 24.4. The van der Waals surface area contributed by atoms with E-state index < -0.39 is 0 Å². The second kappa shape index (κ2) is 13.0. The number of aryl methyl sites for hydroxylation is 4. The van der Waals surface area contributed by atoms with Gasteiger partial charge in [-0.15, -0.1) is 0 Å². The number of fused-ring (bicyclic) bond motifs is 1. The van der Waals surface area contributed by atoms with Crippen LogP contribution in [0.3, 0.4) is 0 Å². The molecule has 0 aliphatic heterocycles. The van der Waals surface area contributed by atoms with Crippen molar-refractivity contribution in [1.29, 1.82) is 0 Å². The molecule has 7 nitrogen and oxygen atoms in total. The van der Waals surface area contributed by atoms with Crippen LogP contribution in [0.1, 0.15) is 39.2 Å². The number of benzene rings is 3. The summed E-state index contributed by atoms with van der Waals surface area (Å²) in [7, 11) is 2.00. The van der Waals surface area contributed by atoms with E-state index in [9.17, 15) is 0 Å². The number of ether oxygens (including phenoxy) is 2. The fourth-order valence-corrected chi connectivity index (χ4v) is 5.36. The fourth-order valence-electron chi connectivity index (χ4n) is 5.36. The number of hydrogen-bond acceptors (Lipinski definition) is 6. The Labute approximate surface area is 242 Å². The van der Waals surface area contributed by atoms with Crippen LogP contribution in [0, 0.1) is 20.8 Å². The highest BCUT2D eigenvalue weighted by molar-refractivity contribution is 5.93. The second-order valence-electron chi connectivity index (χ2n) is 10.5. The van der Waals surface area contributed by atoms with Gasteiger partial charge in [0, 0.05) is 12.7 Å². The average Bonchev–Trinajstić information content (AvgIpc) is 3.29. The smallest absolute Gasteiger partial charge is 0.208 e. The third-order valence-electron chi connectivity index (χ3n) is 7.37. The third-order valence-corrected chi connectivity index (χ3v) is 7.37. The standard InChI is InChI=1S/C34H39N5O2/c1-23-19-24(2)36-25(3)31(23)37-34-38-32-29(16-18-41-22-27-13-9-6-10-14-27)28(20-30(35)33(32)39(34)4)15-17-40-21-26-11-7-5-8-12-26/h5-14,19-20H,15-18,21-22,35H2,1-4H3,(H,37,38). The first-order valence-electron chi connectivity index (χ1n) is 14.1. The molecule has 3 aromatic carbocycles. The normalized spacial score (nSPS) is 11.3. The highest BCUT2D eigenvalue weighted by atomic mass is 16.5. The van der Waals surface area contributed by atoms with Gasteiger partial charge in [-0.25, -0.2) is 4.98 Å². The molecule has 0 radical (unpaired) electrons. The van der Waals surface area contributed by atoms with Gasteiger partial charge in [-0.05, 0) is 73.6 Å². The van der Waals surface area contributed by atoms with E-state index in [-0.39, 0.29) is 0 Å². The molecule has 2 aromatic heterocycles. The van der Waals surface area contributed by atoms with Crippen LogP contribution in [0.2, 0.25) is 0 Å². The molecule has 212 valence electrons. The van der Waals surface area contributed by atoms with Crippen molar-refractivity contribution in [3.63, 3.8) is 0 Å². The third kappa shape index (κ3) is 6.76. The van der Waals surface area contributed by atoms with Crippen LogP contribution >= 0.6 is 0 Å². The van der Waals surface area contributed by atoms with Gasteiger partial charge in [0.05, 0.1) is 54.5 Å². The lowest BCUT2D eigenvalue weighted by atomic mass is 9.99. The van der Waals surface area contributed by atoms with Crippen molar-refractivity contribution in [2.45, 2.75) is 46.8 Å². The van der Waals surface area contributed by atoms with Crippen LogP contribution in [0.15, 0.2) is 72.8 Å². The first-order valence-corrected chi connectivity index (χ1v) is 14.1. The van der Waals surface area contributed by atoms with Crippen molar-refractivity contribution < 1.29 is 9.47 Å². The number of anilines is 3. The first kappa shape index (κ1) is 28.3. The Hall–Kier alpha value is -4.20. The largest absolute Gasteiger partial charge is 0.397 e. The molecule has 0 bridgehead atoms. The molecular formula is C34H39N5O2. The number of rotatable bonds is 12. The van der Waals surface area contributed by atoms with E-state index in [2.05, 4.69) is 53.6 Å². The number of nitrogens with zero attached hydrogens (tertiary/aromatic N) is 3. The molecule has 0 saturated heterocycles. The topological polar surface area (TPSA) is 87.2 Å². The van der Waals surface area contributed by atoms with E-state index in [1.807, 2.05) is 61.9 Å². The Morgan fingerprint density at radius 3 is 2.02 bits per heavy atom. The highest BCUT2D eigenvalue weighted by Gasteiger charge is 2.19. The summed E-state index contributed by atoms with van der Waals surface area (Å²) in [5.41, 5.74) is 17.8. The van der Waals surface area contributed by atoms with Crippen molar-refractivity contribution in [2.24, 2.45) is 7.05 Å². The molecule has 0 atom stereocenters. The van der Waals surface area contributed by atoms with Crippen molar-refractivity contribution >= 4 is 28.4 Å². The van der Waals surface area contributed by atoms with E-state index in [1.54, 1.807) is 0 Å². The van der Waals surface area contributed by atoms with Gasteiger partial charge in [-0.1, -0.05) is 60.7 Å². The number of pyridine rings is 1. The number of nitrogens with one attached hydrogen (secondary N) is 1. The van der Waals surface area contributed by atoms with Crippen molar-refractivity contribution in [2.75, 3.05) is 24.3 Å². The van der Waals surface area contributed by atoms with Gasteiger partial charge < -0.3 is 25.1 Å². The maximum Gasteiger partial charge on any atom is 0.208 e. The molecule has 3 N–H and O–H groups in total. The molecule has 0 spiro atoms. The van der Waals surface area contributed by atoms with Gasteiger partial charge in [0.2, 0.25) is 5.95 Å². The van der Waals surface area contributed by atoms with Crippen molar-refractivity contribution in [3.05, 3.63) is 112 Å². The molecule has 7 heteroatoms. The Morgan fingerprint density at radius 1 is 0.805 bits per heavy atom. The number of aromatic nitrogens is 3. The molecule has 5 aromatic rings. The quantitative estimate of drug-likeness (QED) is 0.132. The summed E-state index contributed by atoms with van der Waals surface area (Å²) >= 11 is 0. The van der Waals surface area contributed by atoms with E-state index >= 15 is 0 Å². The molecule has 0 aliphatic carbocycles. The lowest BCUT2D eigenvalue weighted by molar-refractivity contribution is 0.121. The minimum absolute atomic E-state index is 0.572. The zero-order valence-corrected chi connectivity index (χ0v) is 24.4. The lowest BCUT2D eigenvalue weighted by Crippen LogP contribution is -2.08. The van der Waals surface area contributed by atoms with Crippen LogP contribution in [0.4, 0.5) is 17.3 Å². The second-order valence-corrected chi connectivity index (χ2v) is 10.5. The van der Waals surface area contributed by atoms with E-state index in [0.29, 0.717) is 32.1 Å². The van der Waals surface area contributed by atoms with Crippen molar-refractivity contribution in [1.82, 2.24) is 14.5 Å². The molecule has 0 fully saturated rings. The summed E-state index contributed by atoms with van der Waals surface area (Å²) in [4.78, 5) is 9.74. The molecule has 0 unspecified atom stereocenters. The summed E-state index contributed by atoms with van der Waals surface area (Å²) in [6, 6.07) is 24.6. The maximum atomic E-state index is 6.67. The molecule has 0 amide bonds. The van der Waals surface area contributed by atoms with Crippen LogP contribution in [0.5, 0.6) is 0 Å². The molecule has 2 heterocycles. The Kier molecular flexibility index (Phi) is 8.97. The molecule has 0 aliphatic rings. The van der Waals surface area contributed by atoms with E-state index in [1.165, 1.54) is 0 Å². The summed E-state index contributed by atoms with van der Waals surface area (Å²) < 4.78 is 14.2. The van der Waals surface area contributed by atoms with Gasteiger partial charge in [0.1, 0.15) is 0 Å². The van der Waals surface area contributed by atoms with E-state index in [0.717, 1.165) is 74.7 Å². The number of imidazole rings is 1. The number of nitrogen functional groups attached to an aromatic ring is 1. The summed E-state index contributed by atoms with van der Waals surface area (Å²) in [6.45, 7) is 8.43. The maximum absolute atomic E-state index is 6.67. The highest BCUT2D eigenvalue weighted by Crippen LogP contribution is 2.33. The summed E-state index contributed by atoms with van der Waals surface area (Å²) in [6.07, 6.45) is 1.46. The van der Waals surface area contributed by atoms with E-state index in [4.69, 9.17) is 20.2 Å². The first-order chi connectivity index (χ1) is 19.9. The predicted octanol–water partition coefficient (Wildman–Crippen LogP) is 6.74. The Morgan fingerprint density at radius 2 is 1.41 bits per heavy atom. The molecule has 41 heavy (non-hydrogen) atoms. The monoisotopic (exact) mass is 549 g/mol. The number of hydrogen-bond donors (Lipinski definition) is 2. The minimum Gasteiger partial charge on any atom is -0.397 e. The van der Waals surface area contributed by atoms with Gasteiger partial charge in [-0.2, -0.15) is 0 Å². The van der Waals surface area contributed by atoms with Crippen LogP contribution in [-0.2, 0) is 42.6 Å². The van der Waals surface area contributed by atoms with Crippen LogP contribution < -0.4 is 11.1 Å². The Balaban J connectivity index is 1.42. The minimum atomic E-state index is 0.572. The van der Waals surface area contributed by atoms with Gasteiger partial charge in [-0.3, -0.25) is 4.98 Å². The predicted molar refractivity (Wildman–Crippen MR) is 166 cm³/mol. The average molecular weight is 550 g/mol. The van der Waals surface area contributed by atoms with Crippen LogP contribution in [-0.4, -0.2) is 27.7 Å². The van der Waals surface area contributed by atoms with Crippen molar-refractivity contribution in [3.8, 4) is 0 Å². The van der Waals surface area contributed by atoms with Gasteiger partial charge in [0.25, 0.3) is 0 Å². The summed E-state index contributed by atoms with van der Waals surface area (Å²) in [5, 5.41) is 3.54. The fraction of sp³-hybridized carbons (Fsp3) is 0.294. The lowest BCUT2D eigenvalue weighted by Gasteiger charge is -2.14. The number of nitrogens with two attached hydrogens (primary N) is 1. The zero-order chi connectivity index (χ0) is 28.8. The SMILES string of the molecule is Cc1cc(C)c(Nc2nc3c(CCOCc4ccccc4)c(CCOCc4ccccc4)cc(N)c3n2C)c(C)n1. The van der Waals surface area contributed by atoms with Crippen LogP contribution in [0.25, 0.3) is 11.0 Å². The summed E-state index contributed by atoms with van der Waals surface area (Å²) in [5.74, 6) is 0.729.